The molecule has 3 aromatic carbocycles. The van der Waals surface area contributed by atoms with E-state index in [0.717, 1.165) is 4.31 Å². The standard InChI is InChI=1S/C24H22N2O6S/c1-31-17-9-7-8-16(14-17)15-26-20-12-5-3-10-18(20)22(27)23(33(26,29)30)24(28)25-19-11-4-6-13-21(19)32-2/h3-14,27H,15H2,1-2H3,(H,25,28). The fourth-order valence-corrected chi connectivity index (χ4v) is 5.23. The number of anilines is 2. The molecule has 33 heavy (non-hydrogen) atoms. The molecule has 0 atom stereocenters. The van der Waals surface area contributed by atoms with Crippen LogP contribution in [0.15, 0.2) is 77.7 Å². The van der Waals surface area contributed by atoms with Crippen LogP contribution in [0.4, 0.5) is 11.4 Å². The molecule has 0 saturated heterocycles. The van der Waals surface area contributed by atoms with E-state index in [0.29, 0.717) is 17.1 Å². The molecule has 3 aromatic rings. The number of hydrogen-bond acceptors (Lipinski definition) is 6. The number of sulfonamides is 1. The Balaban J connectivity index is 1.79. The summed E-state index contributed by atoms with van der Waals surface area (Å²) in [5.74, 6) is -0.655. The highest BCUT2D eigenvalue weighted by molar-refractivity contribution is 7.97. The maximum Gasteiger partial charge on any atom is 0.273 e. The summed E-state index contributed by atoms with van der Waals surface area (Å²) in [6.45, 7) is -0.0603. The van der Waals surface area contributed by atoms with Crippen LogP contribution in [0.2, 0.25) is 0 Å². The average Bonchev–Trinajstić information content (AvgIpc) is 2.82. The summed E-state index contributed by atoms with van der Waals surface area (Å²) in [5.41, 5.74) is 1.43. The number of methoxy groups -OCH3 is 2. The first-order chi connectivity index (χ1) is 15.9. The van der Waals surface area contributed by atoms with Gasteiger partial charge in [-0.1, -0.05) is 36.4 Å². The molecule has 0 aromatic heterocycles. The van der Waals surface area contributed by atoms with Crippen molar-refractivity contribution < 1.29 is 27.8 Å². The Morgan fingerprint density at radius 2 is 1.70 bits per heavy atom. The Morgan fingerprint density at radius 3 is 2.45 bits per heavy atom. The highest BCUT2D eigenvalue weighted by Crippen LogP contribution is 2.40. The van der Waals surface area contributed by atoms with Gasteiger partial charge in [-0.2, -0.15) is 0 Å². The van der Waals surface area contributed by atoms with Crippen molar-refractivity contribution in [2.24, 2.45) is 0 Å². The van der Waals surface area contributed by atoms with E-state index in [1.807, 2.05) is 0 Å². The number of ether oxygens (including phenoxy) is 2. The monoisotopic (exact) mass is 466 g/mol. The van der Waals surface area contributed by atoms with E-state index in [1.165, 1.54) is 14.2 Å². The van der Waals surface area contributed by atoms with Gasteiger partial charge in [0, 0.05) is 5.56 Å². The molecule has 2 N–H and O–H groups in total. The van der Waals surface area contributed by atoms with Crippen molar-refractivity contribution in [2.75, 3.05) is 23.8 Å². The lowest BCUT2D eigenvalue weighted by atomic mass is 10.1. The fourth-order valence-electron chi connectivity index (χ4n) is 3.63. The molecule has 8 nitrogen and oxygen atoms in total. The Kier molecular flexibility index (Phi) is 5.97. The number of carbonyl (C=O) groups is 1. The van der Waals surface area contributed by atoms with Gasteiger partial charge in [-0.05, 0) is 42.0 Å². The van der Waals surface area contributed by atoms with Crippen molar-refractivity contribution >= 4 is 33.1 Å². The molecule has 0 unspecified atom stereocenters. The van der Waals surface area contributed by atoms with E-state index in [-0.39, 0.29) is 23.5 Å². The molecule has 0 saturated carbocycles. The summed E-state index contributed by atoms with van der Waals surface area (Å²) in [4.78, 5) is 12.4. The molecule has 1 aliphatic heterocycles. The number of nitrogens with one attached hydrogen (secondary N) is 1. The number of aliphatic hydroxyl groups excluding tert-OH is 1. The third-order valence-electron chi connectivity index (χ3n) is 5.21. The lowest BCUT2D eigenvalue weighted by Gasteiger charge is -2.31. The second-order valence-electron chi connectivity index (χ2n) is 7.21. The van der Waals surface area contributed by atoms with Crippen LogP contribution in [-0.2, 0) is 21.4 Å². The summed E-state index contributed by atoms with van der Waals surface area (Å²) >= 11 is 0. The van der Waals surface area contributed by atoms with Crippen LogP contribution in [-0.4, -0.2) is 33.7 Å². The number of hydrogen-bond donors (Lipinski definition) is 2. The van der Waals surface area contributed by atoms with Crippen LogP contribution in [0.5, 0.6) is 11.5 Å². The van der Waals surface area contributed by atoms with Gasteiger partial charge in [-0.25, -0.2) is 8.42 Å². The highest BCUT2D eigenvalue weighted by Gasteiger charge is 2.41. The number of fused-ring (bicyclic) bond motifs is 1. The maximum absolute atomic E-state index is 13.6. The number of para-hydroxylation sites is 3. The van der Waals surface area contributed by atoms with E-state index in [4.69, 9.17) is 9.47 Å². The van der Waals surface area contributed by atoms with Crippen molar-refractivity contribution in [1.29, 1.82) is 0 Å². The van der Waals surface area contributed by atoms with Gasteiger partial charge in [0.15, 0.2) is 10.7 Å². The molecule has 9 heteroatoms. The van der Waals surface area contributed by atoms with Gasteiger partial charge in [-0.15, -0.1) is 0 Å². The second kappa shape index (κ2) is 8.87. The van der Waals surface area contributed by atoms with Crippen molar-refractivity contribution in [2.45, 2.75) is 6.54 Å². The van der Waals surface area contributed by atoms with Crippen LogP contribution in [0.1, 0.15) is 11.1 Å². The summed E-state index contributed by atoms with van der Waals surface area (Å²) in [6.07, 6.45) is 0. The van der Waals surface area contributed by atoms with Crippen LogP contribution in [0.25, 0.3) is 5.76 Å². The molecule has 1 aliphatic rings. The maximum atomic E-state index is 13.6. The van der Waals surface area contributed by atoms with Crippen LogP contribution in [0, 0.1) is 0 Å². The van der Waals surface area contributed by atoms with Gasteiger partial charge in [0.2, 0.25) is 0 Å². The fraction of sp³-hybridized carbons (Fsp3) is 0.125. The average molecular weight is 467 g/mol. The number of carbonyl (C=O) groups excluding carboxylic acids is 1. The third-order valence-corrected chi connectivity index (χ3v) is 7.01. The minimum absolute atomic E-state index is 0.0603. The lowest BCUT2D eigenvalue weighted by Crippen LogP contribution is -2.39. The lowest BCUT2D eigenvalue weighted by molar-refractivity contribution is -0.112. The van der Waals surface area contributed by atoms with E-state index < -0.39 is 26.6 Å². The van der Waals surface area contributed by atoms with Crippen molar-refractivity contribution in [3.05, 3.63) is 88.8 Å². The molecule has 170 valence electrons. The predicted molar refractivity (Wildman–Crippen MR) is 126 cm³/mol. The first-order valence-corrected chi connectivity index (χ1v) is 11.4. The van der Waals surface area contributed by atoms with Crippen LogP contribution in [0.3, 0.4) is 0 Å². The zero-order valence-corrected chi connectivity index (χ0v) is 18.8. The van der Waals surface area contributed by atoms with Gasteiger partial charge >= 0.3 is 0 Å². The smallest absolute Gasteiger partial charge is 0.273 e. The van der Waals surface area contributed by atoms with Gasteiger partial charge in [0.1, 0.15) is 11.5 Å². The van der Waals surface area contributed by atoms with E-state index >= 15 is 0 Å². The minimum Gasteiger partial charge on any atom is -0.506 e. The summed E-state index contributed by atoms with van der Waals surface area (Å²) in [6, 6.07) is 20.0. The first kappa shape index (κ1) is 22.2. The molecular weight excluding hydrogens is 444 g/mol. The minimum atomic E-state index is -4.41. The second-order valence-corrected chi connectivity index (χ2v) is 9.01. The first-order valence-electron chi connectivity index (χ1n) is 9.99. The van der Waals surface area contributed by atoms with E-state index in [9.17, 15) is 18.3 Å². The van der Waals surface area contributed by atoms with Crippen LogP contribution < -0.4 is 19.1 Å². The molecule has 0 fully saturated rings. The summed E-state index contributed by atoms with van der Waals surface area (Å²) < 4.78 is 38.8. The topological polar surface area (TPSA) is 105 Å². The molecular formula is C24H22N2O6S. The zero-order chi connectivity index (χ0) is 23.6. The van der Waals surface area contributed by atoms with Crippen LogP contribution >= 0.6 is 0 Å². The SMILES string of the molecule is COc1cccc(CN2c3ccccc3C(O)=C(C(=O)Nc3ccccc3OC)S2(=O)=O)c1. The molecule has 4 rings (SSSR count). The molecule has 1 amide bonds. The largest absolute Gasteiger partial charge is 0.506 e. The van der Waals surface area contributed by atoms with Crippen molar-refractivity contribution in [3.63, 3.8) is 0 Å². The Hall–Kier alpha value is -3.98. The van der Waals surface area contributed by atoms with Crippen molar-refractivity contribution in [3.8, 4) is 11.5 Å². The van der Waals surface area contributed by atoms with E-state index in [2.05, 4.69) is 5.32 Å². The molecule has 0 radical (unpaired) electrons. The molecule has 0 aliphatic carbocycles. The summed E-state index contributed by atoms with van der Waals surface area (Å²) in [7, 11) is -1.46. The number of aliphatic hydroxyl groups is 1. The quantitative estimate of drug-likeness (QED) is 0.571. The van der Waals surface area contributed by atoms with Gasteiger partial charge in [0.05, 0.1) is 32.1 Å². The predicted octanol–water partition coefficient (Wildman–Crippen LogP) is 3.92. The van der Waals surface area contributed by atoms with Gasteiger partial charge in [0.25, 0.3) is 15.9 Å². The number of benzene rings is 3. The Labute approximate surface area is 191 Å². The summed E-state index contributed by atoms with van der Waals surface area (Å²) in [5, 5.41) is 13.4. The van der Waals surface area contributed by atoms with Crippen molar-refractivity contribution in [1.82, 2.24) is 0 Å². The molecule has 0 spiro atoms. The number of amides is 1. The number of rotatable bonds is 6. The molecule has 0 bridgehead atoms. The zero-order valence-electron chi connectivity index (χ0n) is 18.0. The van der Waals surface area contributed by atoms with E-state index in [1.54, 1.807) is 72.8 Å². The molecule has 1 heterocycles. The highest BCUT2D eigenvalue weighted by atomic mass is 32.2. The van der Waals surface area contributed by atoms with Gasteiger partial charge < -0.3 is 19.9 Å². The Morgan fingerprint density at radius 1 is 0.970 bits per heavy atom. The normalized spacial score (nSPS) is 14.4. The number of nitrogens with zero attached hydrogens (tertiary/aromatic N) is 1. The Bertz CT molecular complexity index is 1350. The third kappa shape index (κ3) is 4.10. The van der Waals surface area contributed by atoms with Gasteiger partial charge in [-0.3, -0.25) is 9.10 Å².